The predicted octanol–water partition coefficient (Wildman–Crippen LogP) is 0.0120. The van der Waals surface area contributed by atoms with Gasteiger partial charge >= 0.3 is 0 Å². The summed E-state index contributed by atoms with van der Waals surface area (Å²) in [5.41, 5.74) is 0.866. The maximum absolute atomic E-state index is 8.82. The van der Waals surface area contributed by atoms with E-state index in [4.69, 9.17) is 9.84 Å². The van der Waals surface area contributed by atoms with Crippen molar-refractivity contribution in [3.63, 3.8) is 0 Å². The van der Waals surface area contributed by atoms with Crippen LogP contribution >= 0.6 is 0 Å². The molecule has 0 aliphatic rings. The predicted molar refractivity (Wildman–Crippen MR) is 40.1 cm³/mol. The first kappa shape index (κ1) is 8.01. The molecule has 0 aliphatic carbocycles. The van der Waals surface area contributed by atoms with Crippen molar-refractivity contribution in [2.75, 3.05) is 7.11 Å². The molecule has 3 nitrogen and oxygen atoms in total. The molecule has 0 atom stereocenters. The number of hydrogen-bond acceptors (Lipinski definition) is 2. The van der Waals surface area contributed by atoms with Crippen LogP contribution in [0.3, 0.4) is 0 Å². The van der Waals surface area contributed by atoms with Gasteiger partial charge in [-0.2, -0.15) is 4.57 Å². The Morgan fingerprint density at radius 1 is 1.55 bits per heavy atom. The summed E-state index contributed by atoms with van der Waals surface area (Å²) in [5.74, 6) is 0.796. The van der Waals surface area contributed by atoms with E-state index < -0.39 is 0 Å². The molecule has 1 aromatic rings. The lowest BCUT2D eigenvalue weighted by molar-refractivity contribution is -0.681. The SMILES string of the molecule is COc1ccc(CO)[n+](C)c1. The quantitative estimate of drug-likeness (QED) is 0.609. The fourth-order valence-electron chi connectivity index (χ4n) is 0.898. The molecule has 0 fully saturated rings. The monoisotopic (exact) mass is 154 g/mol. The van der Waals surface area contributed by atoms with E-state index in [1.54, 1.807) is 7.11 Å². The lowest BCUT2D eigenvalue weighted by Gasteiger charge is -1.98. The highest BCUT2D eigenvalue weighted by atomic mass is 16.5. The summed E-state index contributed by atoms with van der Waals surface area (Å²) >= 11 is 0. The second-order valence-corrected chi connectivity index (χ2v) is 2.33. The Hall–Kier alpha value is -1.09. The molecular weight excluding hydrogens is 142 g/mol. The molecule has 3 heteroatoms. The smallest absolute Gasteiger partial charge is 0.211 e. The van der Waals surface area contributed by atoms with Crippen LogP contribution < -0.4 is 9.30 Å². The van der Waals surface area contributed by atoms with E-state index in [9.17, 15) is 0 Å². The highest BCUT2D eigenvalue weighted by Gasteiger charge is 2.05. The summed E-state index contributed by atoms with van der Waals surface area (Å²) in [6.45, 7) is 0.0560. The topological polar surface area (TPSA) is 33.3 Å². The zero-order chi connectivity index (χ0) is 8.27. The van der Waals surface area contributed by atoms with Gasteiger partial charge in [0.05, 0.1) is 7.11 Å². The fraction of sp³-hybridized carbons (Fsp3) is 0.375. The van der Waals surface area contributed by atoms with Gasteiger partial charge in [-0.3, -0.25) is 0 Å². The maximum Gasteiger partial charge on any atom is 0.211 e. The molecule has 0 amide bonds. The number of hydrogen-bond donors (Lipinski definition) is 1. The van der Waals surface area contributed by atoms with Gasteiger partial charge in [0.1, 0.15) is 13.7 Å². The zero-order valence-electron chi connectivity index (χ0n) is 6.74. The van der Waals surface area contributed by atoms with Crippen LogP contribution in [-0.2, 0) is 13.7 Å². The van der Waals surface area contributed by atoms with Crippen molar-refractivity contribution in [2.24, 2.45) is 7.05 Å². The van der Waals surface area contributed by atoms with Crippen LogP contribution in [0.25, 0.3) is 0 Å². The standard InChI is InChI=1S/C8H12NO2/c1-9-5-8(11-2)4-3-7(9)6-10/h3-5,10H,6H2,1-2H3/q+1. The summed E-state index contributed by atoms with van der Waals surface area (Å²) < 4.78 is 6.82. The van der Waals surface area contributed by atoms with Crippen molar-refractivity contribution in [1.29, 1.82) is 0 Å². The van der Waals surface area contributed by atoms with Gasteiger partial charge in [0.25, 0.3) is 0 Å². The first-order chi connectivity index (χ1) is 5.27. The first-order valence-electron chi connectivity index (χ1n) is 3.41. The summed E-state index contributed by atoms with van der Waals surface area (Å²) in [6, 6.07) is 3.66. The Labute approximate surface area is 65.9 Å². The van der Waals surface area contributed by atoms with E-state index in [1.807, 2.05) is 29.9 Å². The molecule has 0 aromatic carbocycles. The van der Waals surface area contributed by atoms with E-state index in [1.165, 1.54) is 0 Å². The summed E-state index contributed by atoms with van der Waals surface area (Å²) in [7, 11) is 3.49. The number of aliphatic hydroxyl groups is 1. The van der Waals surface area contributed by atoms with Crippen molar-refractivity contribution >= 4 is 0 Å². The summed E-state index contributed by atoms with van der Waals surface area (Å²) in [4.78, 5) is 0. The molecule has 0 aliphatic heterocycles. The molecule has 1 aromatic heterocycles. The van der Waals surface area contributed by atoms with Gasteiger partial charge in [-0.15, -0.1) is 0 Å². The summed E-state index contributed by atoms with van der Waals surface area (Å²) in [5, 5.41) is 8.82. The maximum atomic E-state index is 8.82. The second-order valence-electron chi connectivity index (χ2n) is 2.33. The molecule has 0 saturated heterocycles. The van der Waals surface area contributed by atoms with Crippen molar-refractivity contribution in [3.8, 4) is 5.75 Å². The third-order valence-electron chi connectivity index (χ3n) is 1.61. The van der Waals surface area contributed by atoms with E-state index >= 15 is 0 Å². The Kier molecular flexibility index (Phi) is 2.44. The first-order valence-corrected chi connectivity index (χ1v) is 3.41. The Morgan fingerprint density at radius 2 is 2.27 bits per heavy atom. The average Bonchev–Trinajstić information content (AvgIpc) is 2.04. The molecule has 0 bridgehead atoms. The van der Waals surface area contributed by atoms with E-state index in [-0.39, 0.29) is 6.61 Å². The number of methoxy groups -OCH3 is 1. The van der Waals surface area contributed by atoms with Gasteiger partial charge in [-0.1, -0.05) is 0 Å². The minimum absolute atomic E-state index is 0.0560. The van der Waals surface area contributed by atoms with E-state index in [2.05, 4.69) is 0 Å². The van der Waals surface area contributed by atoms with Crippen molar-refractivity contribution < 1.29 is 14.4 Å². The summed E-state index contributed by atoms with van der Waals surface area (Å²) in [6.07, 6.45) is 1.82. The Balaban J connectivity index is 2.99. The largest absolute Gasteiger partial charge is 0.491 e. The van der Waals surface area contributed by atoms with Crippen molar-refractivity contribution in [1.82, 2.24) is 0 Å². The number of aromatic nitrogens is 1. The van der Waals surface area contributed by atoms with Gasteiger partial charge in [-0.05, 0) is 6.07 Å². The van der Waals surface area contributed by atoms with Crippen LogP contribution in [0, 0.1) is 0 Å². The molecule has 0 radical (unpaired) electrons. The zero-order valence-corrected chi connectivity index (χ0v) is 6.74. The van der Waals surface area contributed by atoms with Gasteiger partial charge in [0, 0.05) is 6.07 Å². The van der Waals surface area contributed by atoms with Crippen molar-refractivity contribution in [3.05, 3.63) is 24.0 Å². The van der Waals surface area contributed by atoms with Crippen LogP contribution in [0.2, 0.25) is 0 Å². The second kappa shape index (κ2) is 3.34. The lowest BCUT2D eigenvalue weighted by atomic mass is 10.3. The third-order valence-corrected chi connectivity index (χ3v) is 1.61. The molecular formula is C8H12NO2+. The molecule has 1 N–H and O–H groups in total. The van der Waals surface area contributed by atoms with Crippen LogP contribution in [0.5, 0.6) is 5.75 Å². The van der Waals surface area contributed by atoms with Crippen LogP contribution in [-0.4, -0.2) is 12.2 Å². The number of aryl methyl sites for hydroxylation is 1. The lowest BCUT2D eigenvalue weighted by Crippen LogP contribution is -2.32. The number of ether oxygens (including phenoxy) is 1. The van der Waals surface area contributed by atoms with Crippen molar-refractivity contribution in [2.45, 2.75) is 6.61 Å². The molecule has 0 unspecified atom stereocenters. The molecule has 1 rings (SSSR count). The van der Waals surface area contributed by atoms with E-state index in [0.29, 0.717) is 0 Å². The van der Waals surface area contributed by atoms with E-state index in [0.717, 1.165) is 11.4 Å². The van der Waals surface area contributed by atoms with Crippen LogP contribution in [0.1, 0.15) is 5.69 Å². The number of aliphatic hydroxyl groups excluding tert-OH is 1. The van der Waals surface area contributed by atoms with Gasteiger partial charge in [0.15, 0.2) is 5.75 Å². The van der Waals surface area contributed by atoms with Gasteiger partial charge < -0.3 is 9.84 Å². The normalized spacial score (nSPS) is 9.73. The molecule has 11 heavy (non-hydrogen) atoms. The Bertz CT molecular complexity index is 248. The fourth-order valence-corrected chi connectivity index (χ4v) is 0.898. The van der Waals surface area contributed by atoms with Gasteiger partial charge in [-0.25, -0.2) is 0 Å². The minimum Gasteiger partial charge on any atom is -0.491 e. The van der Waals surface area contributed by atoms with Crippen LogP contribution in [0.4, 0.5) is 0 Å². The Morgan fingerprint density at radius 3 is 2.73 bits per heavy atom. The minimum atomic E-state index is 0.0560. The highest BCUT2D eigenvalue weighted by molar-refractivity contribution is 5.15. The van der Waals surface area contributed by atoms with Gasteiger partial charge in [0.2, 0.25) is 11.9 Å². The molecule has 60 valence electrons. The third kappa shape index (κ3) is 1.68. The molecule has 1 heterocycles. The number of rotatable bonds is 2. The average molecular weight is 154 g/mol. The molecule has 0 saturated carbocycles. The number of nitrogens with zero attached hydrogens (tertiary/aromatic N) is 1. The highest BCUT2D eigenvalue weighted by Crippen LogP contribution is 2.05. The molecule has 0 spiro atoms. The number of pyridine rings is 1. The van der Waals surface area contributed by atoms with Crippen LogP contribution in [0.15, 0.2) is 18.3 Å².